The van der Waals surface area contributed by atoms with E-state index in [1.54, 1.807) is 39.5 Å². The van der Waals surface area contributed by atoms with Crippen LogP contribution in [0.4, 0.5) is 0 Å². The molecule has 0 saturated carbocycles. The number of benzene rings is 2. The van der Waals surface area contributed by atoms with Crippen molar-refractivity contribution in [3.8, 4) is 17.2 Å². The summed E-state index contributed by atoms with van der Waals surface area (Å²) in [5, 5.41) is 20.5. The third kappa shape index (κ3) is 6.54. The van der Waals surface area contributed by atoms with Gasteiger partial charge in [-0.05, 0) is 54.2 Å². The molecule has 0 radical (unpaired) electrons. The Balaban J connectivity index is 1.84. The van der Waals surface area contributed by atoms with Crippen LogP contribution in [0.1, 0.15) is 35.6 Å². The molecule has 0 aliphatic rings. The molecule has 7 nitrogen and oxygen atoms in total. The van der Waals surface area contributed by atoms with E-state index in [0.717, 1.165) is 24.8 Å². The van der Waals surface area contributed by atoms with E-state index >= 15 is 0 Å². The van der Waals surface area contributed by atoms with Crippen molar-refractivity contribution in [1.29, 1.82) is 0 Å². The minimum absolute atomic E-state index is 0.0267. The van der Waals surface area contributed by atoms with Crippen molar-refractivity contribution in [2.45, 2.75) is 38.3 Å². The SMILES string of the molecule is COc1cc(C(O)[C@H](CCCc2ccccc2)Cn2ccc(CC(=O)O)c2)cc(OC)c1OC. The lowest BCUT2D eigenvalue weighted by molar-refractivity contribution is -0.136. The first-order chi connectivity index (χ1) is 16.4. The number of hydrogen-bond acceptors (Lipinski definition) is 5. The predicted molar refractivity (Wildman–Crippen MR) is 130 cm³/mol. The number of carboxylic acids is 1. The van der Waals surface area contributed by atoms with Gasteiger partial charge < -0.3 is 29.0 Å². The van der Waals surface area contributed by atoms with Gasteiger partial charge in [-0.15, -0.1) is 0 Å². The van der Waals surface area contributed by atoms with E-state index in [1.807, 2.05) is 35.2 Å². The monoisotopic (exact) mass is 467 g/mol. The quantitative estimate of drug-likeness (QED) is 0.384. The van der Waals surface area contributed by atoms with Gasteiger partial charge in [-0.25, -0.2) is 0 Å². The van der Waals surface area contributed by atoms with Crippen LogP contribution in [0.15, 0.2) is 60.9 Å². The number of carboxylic acid groups (broad SMARTS) is 1. The highest BCUT2D eigenvalue weighted by Gasteiger charge is 2.25. The third-order valence-corrected chi connectivity index (χ3v) is 5.97. The molecule has 0 saturated heterocycles. The van der Waals surface area contributed by atoms with Gasteiger partial charge in [-0.2, -0.15) is 0 Å². The highest BCUT2D eigenvalue weighted by molar-refractivity contribution is 5.70. The highest BCUT2D eigenvalue weighted by atomic mass is 16.5. The smallest absolute Gasteiger partial charge is 0.307 e. The maximum Gasteiger partial charge on any atom is 0.307 e. The molecular weight excluding hydrogens is 434 g/mol. The molecule has 0 amide bonds. The molecule has 1 heterocycles. The molecule has 182 valence electrons. The number of aliphatic carboxylic acids is 1. The summed E-state index contributed by atoms with van der Waals surface area (Å²) in [5.41, 5.74) is 2.67. The lowest BCUT2D eigenvalue weighted by Gasteiger charge is -2.25. The molecular formula is C27H33NO6. The summed E-state index contributed by atoms with van der Waals surface area (Å²) in [7, 11) is 4.65. The van der Waals surface area contributed by atoms with Crippen molar-refractivity contribution >= 4 is 5.97 Å². The van der Waals surface area contributed by atoms with Gasteiger partial charge in [0.2, 0.25) is 5.75 Å². The van der Waals surface area contributed by atoms with Crippen LogP contribution in [-0.2, 0) is 24.2 Å². The number of aryl methyl sites for hydroxylation is 1. The standard InChI is InChI=1S/C27H33NO6/c1-32-23-15-22(16-24(33-2)27(23)34-3)26(31)21(11-7-10-19-8-5-4-6-9-19)18-28-13-12-20(17-28)14-25(29)30/h4-6,8-9,12-13,15-17,21,26,31H,7,10-11,14,18H2,1-3H3,(H,29,30)/t21-,26?/m1/s1. The summed E-state index contributed by atoms with van der Waals surface area (Å²) in [6, 6.07) is 15.6. The minimum atomic E-state index is -0.866. The largest absolute Gasteiger partial charge is 0.493 e. The average Bonchev–Trinajstić information content (AvgIpc) is 3.28. The molecule has 2 atom stereocenters. The number of aliphatic hydroxyl groups is 1. The number of carbonyl (C=O) groups is 1. The van der Waals surface area contributed by atoms with Gasteiger partial charge >= 0.3 is 5.97 Å². The molecule has 2 N–H and O–H groups in total. The number of nitrogens with zero attached hydrogens (tertiary/aromatic N) is 1. The first kappa shape index (κ1) is 25.2. The van der Waals surface area contributed by atoms with Gasteiger partial charge in [0.25, 0.3) is 0 Å². The molecule has 7 heteroatoms. The lowest BCUT2D eigenvalue weighted by atomic mass is 9.89. The van der Waals surface area contributed by atoms with E-state index < -0.39 is 12.1 Å². The van der Waals surface area contributed by atoms with E-state index in [-0.39, 0.29) is 12.3 Å². The number of methoxy groups -OCH3 is 3. The van der Waals surface area contributed by atoms with Gasteiger partial charge in [-0.3, -0.25) is 4.79 Å². The summed E-state index contributed by atoms with van der Waals surface area (Å²) >= 11 is 0. The van der Waals surface area contributed by atoms with E-state index in [2.05, 4.69) is 12.1 Å². The highest BCUT2D eigenvalue weighted by Crippen LogP contribution is 2.41. The molecule has 34 heavy (non-hydrogen) atoms. The molecule has 2 aromatic carbocycles. The van der Waals surface area contributed by atoms with Crippen molar-refractivity contribution in [1.82, 2.24) is 4.57 Å². The van der Waals surface area contributed by atoms with Crippen molar-refractivity contribution in [3.05, 3.63) is 77.6 Å². The third-order valence-electron chi connectivity index (χ3n) is 5.97. The van der Waals surface area contributed by atoms with Crippen LogP contribution in [0.5, 0.6) is 17.2 Å². The Kier molecular flexibility index (Phi) is 8.99. The van der Waals surface area contributed by atoms with Crippen molar-refractivity contribution < 1.29 is 29.2 Å². The van der Waals surface area contributed by atoms with E-state index in [0.29, 0.717) is 29.4 Å². The second kappa shape index (κ2) is 12.1. The van der Waals surface area contributed by atoms with Gasteiger partial charge in [0.1, 0.15) is 0 Å². The Morgan fingerprint density at radius 3 is 2.24 bits per heavy atom. The van der Waals surface area contributed by atoms with Crippen LogP contribution in [0.2, 0.25) is 0 Å². The Labute approximate surface area is 200 Å². The molecule has 3 aromatic rings. The fourth-order valence-electron chi connectivity index (χ4n) is 4.26. The van der Waals surface area contributed by atoms with Gasteiger partial charge in [0, 0.05) is 24.9 Å². The maximum absolute atomic E-state index is 11.4. The Bertz CT molecular complexity index is 1040. The summed E-state index contributed by atoms with van der Waals surface area (Å²) in [5.74, 6) is 0.476. The number of hydrogen-bond donors (Lipinski definition) is 2. The van der Waals surface area contributed by atoms with E-state index in [4.69, 9.17) is 19.3 Å². The minimum Gasteiger partial charge on any atom is -0.493 e. The van der Waals surface area contributed by atoms with Gasteiger partial charge in [0.05, 0.1) is 33.9 Å². The molecule has 0 bridgehead atoms. The summed E-state index contributed by atoms with van der Waals surface area (Å²) in [6.45, 7) is 0.548. The zero-order valence-corrected chi connectivity index (χ0v) is 19.9. The second-order valence-corrected chi connectivity index (χ2v) is 8.33. The Morgan fingerprint density at radius 1 is 0.971 bits per heavy atom. The average molecular weight is 468 g/mol. The maximum atomic E-state index is 11.4. The fourth-order valence-corrected chi connectivity index (χ4v) is 4.26. The molecule has 1 aromatic heterocycles. The topological polar surface area (TPSA) is 90.2 Å². The fraction of sp³-hybridized carbons (Fsp3) is 0.370. The number of aromatic nitrogens is 1. The summed E-state index contributed by atoms with van der Waals surface area (Å²) < 4.78 is 18.3. The van der Waals surface area contributed by atoms with E-state index in [1.165, 1.54) is 5.56 Å². The van der Waals surface area contributed by atoms with Crippen LogP contribution < -0.4 is 14.2 Å². The van der Waals surface area contributed by atoms with Crippen LogP contribution >= 0.6 is 0 Å². The molecule has 3 rings (SSSR count). The normalized spacial score (nSPS) is 12.7. The Morgan fingerprint density at radius 2 is 1.65 bits per heavy atom. The van der Waals surface area contributed by atoms with Gasteiger partial charge in [0.15, 0.2) is 11.5 Å². The first-order valence-electron chi connectivity index (χ1n) is 11.3. The van der Waals surface area contributed by atoms with E-state index in [9.17, 15) is 9.90 Å². The molecule has 0 aliphatic carbocycles. The van der Waals surface area contributed by atoms with Crippen LogP contribution in [0, 0.1) is 5.92 Å². The van der Waals surface area contributed by atoms with Crippen LogP contribution in [0.3, 0.4) is 0 Å². The van der Waals surface area contributed by atoms with Gasteiger partial charge in [-0.1, -0.05) is 30.3 Å². The van der Waals surface area contributed by atoms with Crippen molar-refractivity contribution in [3.63, 3.8) is 0 Å². The van der Waals surface area contributed by atoms with Crippen LogP contribution in [0.25, 0.3) is 0 Å². The second-order valence-electron chi connectivity index (χ2n) is 8.33. The first-order valence-corrected chi connectivity index (χ1v) is 11.3. The molecule has 0 aliphatic heterocycles. The molecule has 0 fully saturated rings. The Hall–Kier alpha value is -3.45. The number of rotatable bonds is 13. The van der Waals surface area contributed by atoms with Crippen LogP contribution in [-0.4, -0.2) is 42.1 Å². The predicted octanol–water partition coefficient (Wildman–Crippen LogP) is 4.51. The molecule has 0 spiro atoms. The zero-order chi connectivity index (χ0) is 24.5. The number of aliphatic hydroxyl groups excluding tert-OH is 1. The van der Waals surface area contributed by atoms with Crippen molar-refractivity contribution in [2.24, 2.45) is 5.92 Å². The summed E-state index contributed by atoms with van der Waals surface area (Å²) in [6.07, 6.45) is 5.48. The summed E-state index contributed by atoms with van der Waals surface area (Å²) in [4.78, 5) is 11.1. The molecule has 1 unspecified atom stereocenters. The number of ether oxygens (including phenoxy) is 3. The lowest BCUT2D eigenvalue weighted by Crippen LogP contribution is -2.19. The van der Waals surface area contributed by atoms with Crippen molar-refractivity contribution in [2.75, 3.05) is 21.3 Å². The zero-order valence-electron chi connectivity index (χ0n) is 19.9.